The highest BCUT2D eigenvalue weighted by Gasteiger charge is 2.23. The van der Waals surface area contributed by atoms with Crippen LogP contribution in [0.1, 0.15) is 5.82 Å². The SMILES string of the molecule is Bc1c(B)c(B)c2c(B)c(-c3c4ccccc4c(-c4cccc(-n5c(C)nc6ccccc65)c4)c4ccccc34)c(B)c(B)c2c1B. The lowest BCUT2D eigenvalue weighted by Gasteiger charge is -2.26. The maximum absolute atomic E-state index is 4.87. The van der Waals surface area contributed by atoms with Crippen molar-refractivity contribution in [3.63, 3.8) is 0 Å². The number of benzene rings is 7. The Morgan fingerprint density at radius 1 is 0.468 bits per heavy atom. The number of imidazole rings is 1. The number of aromatic nitrogens is 2. The van der Waals surface area contributed by atoms with Gasteiger partial charge in [0.15, 0.2) is 0 Å². The van der Waals surface area contributed by atoms with E-state index in [1.807, 2.05) is 0 Å². The van der Waals surface area contributed by atoms with Gasteiger partial charge < -0.3 is 0 Å². The maximum Gasteiger partial charge on any atom is 0.140 e. The standard InChI is InChI=1S/C38H33B7N2/c1-18-46-25-15-6-7-16-26(25)47(18)20-10-8-9-19(17-20)27-21-11-2-4-13-23(21)28(24-14-5-3-12-22(24)27)29-32(39)30-31(34(41)33(29)40)36(43)38(45)37(44)35(30)42/h2-17H,39-45H2,1H3. The molecule has 0 radical (unpaired) electrons. The van der Waals surface area contributed by atoms with E-state index in [1.54, 1.807) is 0 Å². The van der Waals surface area contributed by atoms with Gasteiger partial charge in [-0.1, -0.05) is 100 Å². The Balaban J connectivity index is 1.48. The van der Waals surface area contributed by atoms with Crippen molar-refractivity contribution < 1.29 is 0 Å². The van der Waals surface area contributed by atoms with Crippen LogP contribution in [0.15, 0.2) is 97.1 Å². The molecular weight excluding hydrogens is 560 g/mol. The van der Waals surface area contributed by atoms with Gasteiger partial charge in [0.1, 0.15) is 60.7 Å². The monoisotopic (exact) mass is 594 g/mol. The molecule has 0 spiro atoms. The van der Waals surface area contributed by atoms with E-state index in [-0.39, 0.29) is 0 Å². The highest BCUT2D eigenvalue weighted by molar-refractivity contribution is 6.72. The average molecular weight is 593 g/mol. The molecule has 0 fully saturated rings. The van der Waals surface area contributed by atoms with Crippen molar-refractivity contribution in [2.24, 2.45) is 0 Å². The molecule has 0 unspecified atom stereocenters. The van der Waals surface area contributed by atoms with Crippen LogP contribution in [0.25, 0.3) is 71.3 Å². The molecule has 0 aliphatic heterocycles. The van der Waals surface area contributed by atoms with Gasteiger partial charge in [-0.3, -0.25) is 4.57 Å². The first-order chi connectivity index (χ1) is 22.7. The van der Waals surface area contributed by atoms with Crippen LogP contribution < -0.4 is 38.2 Å². The van der Waals surface area contributed by atoms with Gasteiger partial charge in [0.05, 0.1) is 11.0 Å². The van der Waals surface area contributed by atoms with Crippen LogP contribution >= 0.6 is 0 Å². The van der Waals surface area contributed by atoms with Crippen molar-refractivity contribution in [1.82, 2.24) is 9.55 Å². The van der Waals surface area contributed by atoms with Gasteiger partial charge >= 0.3 is 0 Å². The fraction of sp³-hybridized carbons (Fsp3) is 0.0263. The molecule has 0 amide bonds. The van der Waals surface area contributed by atoms with E-state index >= 15 is 0 Å². The van der Waals surface area contributed by atoms with Crippen molar-refractivity contribution in [2.45, 2.75) is 6.92 Å². The normalized spacial score (nSPS) is 11.7. The zero-order valence-corrected chi connectivity index (χ0v) is 28.6. The highest BCUT2D eigenvalue weighted by atomic mass is 15.1. The van der Waals surface area contributed by atoms with Crippen LogP contribution in [0.2, 0.25) is 0 Å². The van der Waals surface area contributed by atoms with Crippen molar-refractivity contribution in [1.29, 1.82) is 0 Å². The fourth-order valence-electron chi connectivity index (χ4n) is 8.39. The summed E-state index contributed by atoms with van der Waals surface area (Å²) >= 11 is 0. The number of hydrogen-bond donors (Lipinski definition) is 0. The summed E-state index contributed by atoms with van der Waals surface area (Å²) in [5.41, 5.74) is 18.2. The summed E-state index contributed by atoms with van der Waals surface area (Å²) in [5, 5.41) is 7.97. The largest absolute Gasteiger partial charge is 0.297 e. The molecule has 0 saturated heterocycles. The molecule has 0 saturated carbocycles. The van der Waals surface area contributed by atoms with Crippen LogP contribution in [0.5, 0.6) is 0 Å². The summed E-state index contributed by atoms with van der Waals surface area (Å²) in [6, 6.07) is 35.4. The van der Waals surface area contributed by atoms with Crippen molar-refractivity contribution in [2.75, 3.05) is 0 Å². The highest BCUT2D eigenvalue weighted by Crippen LogP contribution is 2.43. The summed E-state index contributed by atoms with van der Waals surface area (Å²) in [4.78, 5) is 4.87. The lowest BCUT2D eigenvalue weighted by atomic mass is 9.58. The lowest BCUT2D eigenvalue weighted by molar-refractivity contribution is 1.00. The van der Waals surface area contributed by atoms with E-state index in [2.05, 4.69) is 163 Å². The molecule has 7 aromatic carbocycles. The first-order valence-corrected chi connectivity index (χ1v) is 16.7. The Labute approximate surface area is 282 Å². The molecule has 47 heavy (non-hydrogen) atoms. The Kier molecular flexibility index (Phi) is 6.88. The molecule has 1 heterocycles. The molecule has 0 N–H and O–H groups in total. The number of rotatable bonds is 3. The Hall–Kier alpha value is -4.76. The van der Waals surface area contributed by atoms with E-state index < -0.39 is 0 Å². The molecule has 0 aliphatic carbocycles. The third-order valence-electron chi connectivity index (χ3n) is 11.1. The average Bonchev–Trinajstić information content (AvgIpc) is 3.43. The summed E-state index contributed by atoms with van der Waals surface area (Å²) < 4.78 is 2.27. The number of aryl methyl sites for hydroxylation is 1. The second-order valence-corrected chi connectivity index (χ2v) is 13.4. The molecule has 2 nitrogen and oxygen atoms in total. The topological polar surface area (TPSA) is 17.8 Å². The third kappa shape index (κ3) is 4.25. The minimum atomic E-state index is 0.988. The first kappa shape index (κ1) is 29.6. The van der Waals surface area contributed by atoms with Crippen LogP contribution in [0.3, 0.4) is 0 Å². The summed E-state index contributed by atoms with van der Waals surface area (Å²) in [5.74, 6) is 0.988. The van der Waals surface area contributed by atoms with Crippen molar-refractivity contribution in [3.8, 4) is 27.9 Å². The maximum atomic E-state index is 4.87. The molecule has 216 valence electrons. The summed E-state index contributed by atoms with van der Waals surface area (Å²) in [7, 11) is 16.2. The summed E-state index contributed by atoms with van der Waals surface area (Å²) in [6.45, 7) is 2.09. The first-order valence-electron chi connectivity index (χ1n) is 16.7. The third-order valence-corrected chi connectivity index (χ3v) is 11.1. The van der Waals surface area contributed by atoms with Gasteiger partial charge in [-0.2, -0.15) is 0 Å². The number of hydrogen-bond acceptors (Lipinski definition) is 1. The zero-order valence-electron chi connectivity index (χ0n) is 28.6. The van der Waals surface area contributed by atoms with Crippen molar-refractivity contribution in [3.05, 3.63) is 103 Å². The van der Waals surface area contributed by atoms with E-state index in [4.69, 9.17) is 4.98 Å². The van der Waals surface area contributed by atoms with E-state index in [0.29, 0.717) is 0 Å². The predicted octanol–water partition coefficient (Wildman–Crippen LogP) is -2.06. The van der Waals surface area contributed by atoms with E-state index in [9.17, 15) is 0 Å². The van der Waals surface area contributed by atoms with Crippen LogP contribution in [-0.4, -0.2) is 64.5 Å². The summed E-state index contributed by atoms with van der Waals surface area (Å²) in [6.07, 6.45) is 0. The smallest absolute Gasteiger partial charge is 0.140 e. The van der Waals surface area contributed by atoms with E-state index in [0.717, 1.165) is 22.5 Å². The molecule has 1 aromatic heterocycles. The number of fused-ring (bicyclic) bond motifs is 4. The van der Waals surface area contributed by atoms with Crippen LogP contribution in [-0.2, 0) is 0 Å². The molecule has 8 aromatic rings. The Morgan fingerprint density at radius 3 is 1.60 bits per heavy atom. The molecule has 0 bridgehead atoms. The van der Waals surface area contributed by atoms with Gasteiger partial charge in [-0.25, -0.2) is 4.98 Å². The predicted molar refractivity (Wildman–Crippen MR) is 226 cm³/mol. The molecular formula is C38H33B7N2. The molecule has 0 atom stereocenters. The molecule has 0 aliphatic rings. The Morgan fingerprint density at radius 2 is 0.979 bits per heavy atom. The van der Waals surface area contributed by atoms with Crippen LogP contribution in [0, 0.1) is 6.92 Å². The van der Waals surface area contributed by atoms with Gasteiger partial charge in [-0.15, -0.1) is 10.9 Å². The van der Waals surface area contributed by atoms with Gasteiger partial charge in [0, 0.05) is 5.69 Å². The van der Waals surface area contributed by atoms with E-state index in [1.165, 1.54) is 92.8 Å². The lowest BCUT2D eigenvalue weighted by Crippen LogP contribution is -2.52. The number of nitrogens with zero attached hydrogens (tertiary/aromatic N) is 2. The second kappa shape index (κ2) is 10.9. The van der Waals surface area contributed by atoms with Crippen LogP contribution in [0.4, 0.5) is 0 Å². The Bertz CT molecular complexity index is 2570. The zero-order chi connectivity index (χ0) is 32.7. The van der Waals surface area contributed by atoms with Gasteiger partial charge in [0.2, 0.25) is 0 Å². The quantitative estimate of drug-likeness (QED) is 0.170. The minimum absolute atomic E-state index is 0.988. The molecule has 8 rings (SSSR count). The van der Waals surface area contributed by atoms with Gasteiger partial charge in [0.25, 0.3) is 0 Å². The minimum Gasteiger partial charge on any atom is -0.297 e. The second-order valence-electron chi connectivity index (χ2n) is 13.4. The number of para-hydroxylation sites is 2. The van der Waals surface area contributed by atoms with Gasteiger partial charge in [-0.05, 0) is 85.8 Å². The van der Waals surface area contributed by atoms with Crippen molar-refractivity contribution >= 4 is 137 Å². The fourth-order valence-corrected chi connectivity index (χ4v) is 8.39. The molecule has 9 heteroatoms.